The molecule has 0 aliphatic rings. The number of para-hydroxylation sites is 1. The molecule has 0 N–H and O–H groups in total. The standard InChI is InChI=1S/C17H25NO5/c19-15-16-11-7-8-12-17(16)22-13-9-5-3-1-2-4-6-10-14-23-18(20)21/h7-8,11-12,15H,1-6,9-10,13-14H2. The third-order valence-electron chi connectivity index (χ3n) is 3.54. The second kappa shape index (κ2) is 12.4. The Morgan fingerprint density at radius 2 is 1.48 bits per heavy atom. The van der Waals surface area contributed by atoms with Crippen molar-refractivity contribution >= 4 is 6.29 Å². The van der Waals surface area contributed by atoms with Crippen molar-refractivity contribution in [1.82, 2.24) is 0 Å². The van der Waals surface area contributed by atoms with Gasteiger partial charge in [0.25, 0.3) is 5.09 Å². The molecular formula is C17H25NO5. The molecule has 6 nitrogen and oxygen atoms in total. The van der Waals surface area contributed by atoms with E-state index in [-0.39, 0.29) is 6.61 Å². The number of hydrogen-bond acceptors (Lipinski definition) is 5. The van der Waals surface area contributed by atoms with E-state index in [2.05, 4.69) is 4.84 Å². The largest absolute Gasteiger partial charge is 0.493 e. The Labute approximate surface area is 136 Å². The second-order valence-electron chi connectivity index (χ2n) is 5.39. The molecule has 0 radical (unpaired) electrons. The summed E-state index contributed by atoms with van der Waals surface area (Å²) in [6.07, 6.45) is 9.16. The lowest BCUT2D eigenvalue weighted by molar-refractivity contribution is -0.757. The maximum atomic E-state index is 10.8. The van der Waals surface area contributed by atoms with Crippen molar-refractivity contribution in [2.24, 2.45) is 0 Å². The lowest BCUT2D eigenvalue weighted by Crippen LogP contribution is -2.01. The van der Waals surface area contributed by atoms with Gasteiger partial charge in [0.2, 0.25) is 0 Å². The Morgan fingerprint density at radius 1 is 0.913 bits per heavy atom. The van der Waals surface area contributed by atoms with Gasteiger partial charge in [0.15, 0.2) is 6.29 Å². The van der Waals surface area contributed by atoms with Gasteiger partial charge < -0.3 is 9.57 Å². The number of ether oxygens (including phenoxy) is 1. The van der Waals surface area contributed by atoms with Crippen LogP contribution in [0.15, 0.2) is 24.3 Å². The van der Waals surface area contributed by atoms with E-state index in [1.165, 1.54) is 6.42 Å². The van der Waals surface area contributed by atoms with Crippen LogP contribution in [0.4, 0.5) is 0 Å². The number of nitrogens with zero attached hydrogens (tertiary/aromatic N) is 1. The Balaban J connectivity index is 1.90. The predicted molar refractivity (Wildman–Crippen MR) is 87.2 cm³/mol. The Bertz CT molecular complexity index is 464. The number of carbonyl (C=O) groups is 1. The van der Waals surface area contributed by atoms with Crippen LogP contribution in [0.5, 0.6) is 5.75 Å². The Hall–Kier alpha value is -2.11. The first-order valence-corrected chi connectivity index (χ1v) is 8.18. The molecule has 1 rings (SSSR count). The van der Waals surface area contributed by atoms with Crippen LogP contribution in [0.25, 0.3) is 0 Å². The van der Waals surface area contributed by atoms with Crippen molar-refractivity contribution in [3.63, 3.8) is 0 Å². The van der Waals surface area contributed by atoms with Crippen LogP contribution in [-0.2, 0) is 4.84 Å². The van der Waals surface area contributed by atoms with E-state index in [4.69, 9.17) is 4.74 Å². The van der Waals surface area contributed by atoms with Gasteiger partial charge in [-0.15, -0.1) is 10.1 Å². The molecule has 0 saturated heterocycles. The highest BCUT2D eigenvalue weighted by Crippen LogP contribution is 2.16. The lowest BCUT2D eigenvalue weighted by atomic mass is 10.1. The summed E-state index contributed by atoms with van der Waals surface area (Å²) in [4.78, 5) is 25.0. The molecule has 0 fully saturated rings. The van der Waals surface area contributed by atoms with Gasteiger partial charge >= 0.3 is 0 Å². The second-order valence-corrected chi connectivity index (χ2v) is 5.39. The molecule has 0 unspecified atom stereocenters. The summed E-state index contributed by atoms with van der Waals surface area (Å²) in [5.74, 6) is 0.652. The Morgan fingerprint density at radius 3 is 2.09 bits per heavy atom. The third-order valence-corrected chi connectivity index (χ3v) is 3.54. The van der Waals surface area contributed by atoms with E-state index in [0.717, 1.165) is 51.2 Å². The molecule has 0 saturated carbocycles. The van der Waals surface area contributed by atoms with Crippen molar-refractivity contribution < 1.29 is 19.5 Å². The number of hydrogen-bond donors (Lipinski definition) is 0. The fourth-order valence-corrected chi connectivity index (χ4v) is 2.30. The summed E-state index contributed by atoms with van der Waals surface area (Å²) in [6, 6.07) is 7.24. The molecule has 0 heterocycles. The number of benzene rings is 1. The van der Waals surface area contributed by atoms with Crippen LogP contribution >= 0.6 is 0 Å². The van der Waals surface area contributed by atoms with Gasteiger partial charge in [-0.3, -0.25) is 4.79 Å². The van der Waals surface area contributed by atoms with Crippen molar-refractivity contribution in [2.45, 2.75) is 51.4 Å². The summed E-state index contributed by atoms with van der Waals surface area (Å²) in [6.45, 7) is 0.829. The van der Waals surface area contributed by atoms with Crippen molar-refractivity contribution in [2.75, 3.05) is 13.2 Å². The molecule has 0 bridgehead atoms. The number of rotatable bonds is 14. The molecule has 0 spiro atoms. The minimum Gasteiger partial charge on any atom is -0.493 e. The number of unbranched alkanes of at least 4 members (excludes halogenated alkanes) is 7. The highest BCUT2D eigenvalue weighted by molar-refractivity contribution is 5.79. The van der Waals surface area contributed by atoms with Crippen molar-refractivity contribution in [3.05, 3.63) is 39.9 Å². The van der Waals surface area contributed by atoms with Crippen molar-refractivity contribution in [3.8, 4) is 5.75 Å². The van der Waals surface area contributed by atoms with E-state index >= 15 is 0 Å². The summed E-state index contributed by atoms with van der Waals surface area (Å²) >= 11 is 0. The van der Waals surface area contributed by atoms with Crippen molar-refractivity contribution in [1.29, 1.82) is 0 Å². The summed E-state index contributed by atoms with van der Waals surface area (Å²) < 4.78 is 5.62. The minimum atomic E-state index is -0.741. The molecule has 1 aromatic carbocycles. The van der Waals surface area contributed by atoms with Gasteiger partial charge in [-0.25, -0.2) is 0 Å². The zero-order valence-electron chi connectivity index (χ0n) is 13.4. The highest BCUT2D eigenvalue weighted by atomic mass is 16.9. The van der Waals surface area contributed by atoms with Gasteiger partial charge in [-0.05, 0) is 25.0 Å². The molecule has 0 aromatic heterocycles. The van der Waals surface area contributed by atoms with Crippen LogP contribution in [0.2, 0.25) is 0 Å². The van der Waals surface area contributed by atoms with Crippen LogP contribution < -0.4 is 4.74 Å². The monoisotopic (exact) mass is 323 g/mol. The fraction of sp³-hybridized carbons (Fsp3) is 0.588. The minimum absolute atomic E-state index is 0.201. The first kappa shape index (κ1) is 18.9. The zero-order valence-corrected chi connectivity index (χ0v) is 13.4. The molecule has 1 aromatic rings. The van der Waals surface area contributed by atoms with E-state index in [1.807, 2.05) is 18.2 Å². The van der Waals surface area contributed by atoms with Crippen LogP contribution in [0.3, 0.4) is 0 Å². The zero-order chi connectivity index (χ0) is 16.8. The van der Waals surface area contributed by atoms with Gasteiger partial charge in [0, 0.05) is 0 Å². The number of carbonyl (C=O) groups excluding carboxylic acids is 1. The fourth-order valence-electron chi connectivity index (χ4n) is 2.30. The average molecular weight is 323 g/mol. The Kier molecular flexibility index (Phi) is 10.2. The van der Waals surface area contributed by atoms with Gasteiger partial charge in [0.1, 0.15) is 5.75 Å². The summed E-state index contributed by atoms with van der Waals surface area (Å²) in [7, 11) is 0. The SMILES string of the molecule is O=Cc1ccccc1OCCCCCCCCCCO[N+](=O)[O-]. The smallest absolute Gasteiger partial charge is 0.294 e. The van der Waals surface area contributed by atoms with Gasteiger partial charge in [-0.2, -0.15) is 0 Å². The predicted octanol–water partition coefficient (Wildman–Crippen LogP) is 4.21. The van der Waals surface area contributed by atoms with Crippen LogP contribution in [0.1, 0.15) is 61.7 Å². The topological polar surface area (TPSA) is 78.7 Å². The lowest BCUT2D eigenvalue weighted by Gasteiger charge is -2.08. The maximum absolute atomic E-state index is 10.8. The third kappa shape index (κ3) is 9.50. The maximum Gasteiger partial charge on any atom is 0.294 e. The number of aldehydes is 1. The first-order valence-electron chi connectivity index (χ1n) is 8.18. The van der Waals surface area contributed by atoms with E-state index in [9.17, 15) is 14.9 Å². The molecule has 0 atom stereocenters. The molecule has 0 aliphatic heterocycles. The molecule has 0 amide bonds. The normalized spacial score (nSPS) is 10.3. The quantitative estimate of drug-likeness (QED) is 0.222. The highest BCUT2D eigenvalue weighted by Gasteiger charge is 2.01. The molecule has 0 aliphatic carbocycles. The molecule has 128 valence electrons. The molecule has 23 heavy (non-hydrogen) atoms. The average Bonchev–Trinajstić information content (AvgIpc) is 2.56. The molecular weight excluding hydrogens is 298 g/mol. The summed E-state index contributed by atoms with van der Waals surface area (Å²) in [5, 5.41) is 9.20. The first-order chi connectivity index (χ1) is 11.2. The van der Waals surface area contributed by atoms with Gasteiger partial charge in [0.05, 0.1) is 18.8 Å². The molecule has 6 heteroatoms. The van der Waals surface area contributed by atoms with Crippen LogP contribution in [-0.4, -0.2) is 24.6 Å². The van der Waals surface area contributed by atoms with E-state index < -0.39 is 5.09 Å². The van der Waals surface area contributed by atoms with Gasteiger partial charge in [-0.1, -0.05) is 50.7 Å². The summed E-state index contributed by atoms with van der Waals surface area (Å²) in [5.41, 5.74) is 0.591. The van der Waals surface area contributed by atoms with E-state index in [0.29, 0.717) is 17.9 Å². The van der Waals surface area contributed by atoms with Crippen LogP contribution in [0, 0.1) is 10.1 Å². The van der Waals surface area contributed by atoms with E-state index in [1.54, 1.807) is 6.07 Å².